The molecule has 4 N–H and O–H groups in total. The van der Waals surface area contributed by atoms with Gasteiger partial charge in [0.2, 0.25) is 5.95 Å². The topological polar surface area (TPSA) is 91.0 Å². The molecule has 78 valence electrons. The Hall–Kier alpha value is -2.04. The largest absolute Gasteiger partial charge is 0.466 e. The van der Waals surface area contributed by atoms with Crippen molar-refractivity contribution in [3.05, 3.63) is 35.4 Å². The highest BCUT2D eigenvalue weighted by molar-refractivity contribution is 5.43. The molecule has 0 amide bonds. The minimum Gasteiger partial charge on any atom is -0.466 e. The maximum absolute atomic E-state index is 5.70. The monoisotopic (exact) mass is 204 g/mol. The third kappa shape index (κ3) is 2.07. The van der Waals surface area contributed by atoms with Crippen LogP contribution >= 0.6 is 0 Å². The zero-order chi connectivity index (χ0) is 10.8. The predicted octanol–water partition coefficient (Wildman–Crippen LogP) is 1.13. The van der Waals surface area contributed by atoms with Gasteiger partial charge in [-0.25, -0.2) is 4.98 Å². The van der Waals surface area contributed by atoms with Gasteiger partial charge in [0.25, 0.3) is 0 Å². The first-order valence-corrected chi connectivity index (χ1v) is 4.57. The van der Waals surface area contributed by atoms with Crippen LogP contribution < -0.4 is 11.5 Å². The zero-order valence-corrected chi connectivity index (χ0v) is 8.40. The lowest BCUT2D eigenvalue weighted by molar-refractivity contribution is 0.493. The van der Waals surface area contributed by atoms with E-state index in [1.54, 1.807) is 6.20 Å². The van der Waals surface area contributed by atoms with Gasteiger partial charge in [0.15, 0.2) is 0 Å². The molecule has 5 nitrogen and oxygen atoms in total. The molecule has 0 aliphatic heterocycles. The Bertz CT molecular complexity index is 478. The summed E-state index contributed by atoms with van der Waals surface area (Å²) in [5.41, 5.74) is 11.9. The van der Waals surface area contributed by atoms with E-state index in [1.165, 1.54) is 0 Å². The van der Waals surface area contributed by atoms with Crippen molar-refractivity contribution in [2.45, 2.75) is 13.3 Å². The smallest absolute Gasteiger partial charge is 0.221 e. The zero-order valence-electron chi connectivity index (χ0n) is 8.40. The second-order valence-corrected chi connectivity index (χ2v) is 3.33. The molecule has 0 spiro atoms. The second-order valence-electron chi connectivity index (χ2n) is 3.33. The van der Waals surface area contributed by atoms with Crippen LogP contribution in [0.4, 0.5) is 11.8 Å². The molecular formula is C10H12N4O. The summed E-state index contributed by atoms with van der Waals surface area (Å²) in [6.07, 6.45) is 2.20. The molecule has 2 aromatic heterocycles. The summed E-state index contributed by atoms with van der Waals surface area (Å²) >= 11 is 0. The number of anilines is 2. The minimum atomic E-state index is 0.187. The van der Waals surface area contributed by atoms with Gasteiger partial charge < -0.3 is 15.9 Å². The first-order valence-electron chi connectivity index (χ1n) is 4.57. The molecule has 5 heteroatoms. The summed E-state index contributed by atoms with van der Waals surface area (Å²) in [6, 6.07) is 3.81. The molecule has 0 aromatic carbocycles. The summed E-state index contributed by atoms with van der Waals surface area (Å²) in [6.45, 7) is 1.90. The Labute approximate surface area is 87.1 Å². The summed E-state index contributed by atoms with van der Waals surface area (Å²) in [5, 5.41) is 0. The molecule has 0 aliphatic rings. The van der Waals surface area contributed by atoms with Gasteiger partial charge in [0.05, 0.1) is 0 Å². The third-order valence-electron chi connectivity index (χ3n) is 2.08. The molecule has 15 heavy (non-hydrogen) atoms. The maximum atomic E-state index is 5.70. The molecule has 0 unspecified atom stereocenters. The van der Waals surface area contributed by atoms with Crippen LogP contribution in [0, 0.1) is 6.92 Å². The van der Waals surface area contributed by atoms with Crippen molar-refractivity contribution in [3.63, 3.8) is 0 Å². The Morgan fingerprint density at radius 3 is 2.73 bits per heavy atom. The Kier molecular flexibility index (Phi) is 2.29. The molecule has 2 aromatic rings. The number of nitrogens with two attached hydrogens (primary N) is 2. The Balaban J connectivity index is 2.24. The van der Waals surface area contributed by atoms with E-state index >= 15 is 0 Å². The van der Waals surface area contributed by atoms with Crippen LogP contribution in [0.3, 0.4) is 0 Å². The molecule has 0 saturated carbocycles. The van der Waals surface area contributed by atoms with Gasteiger partial charge in [-0.1, -0.05) is 0 Å². The fourth-order valence-corrected chi connectivity index (χ4v) is 1.34. The van der Waals surface area contributed by atoms with Crippen molar-refractivity contribution in [3.8, 4) is 0 Å². The van der Waals surface area contributed by atoms with Crippen LogP contribution in [0.2, 0.25) is 0 Å². The van der Waals surface area contributed by atoms with Crippen molar-refractivity contribution < 1.29 is 4.42 Å². The number of nitrogens with zero attached hydrogens (tertiary/aromatic N) is 2. The van der Waals surface area contributed by atoms with Gasteiger partial charge in [0, 0.05) is 18.2 Å². The van der Waals surface area contributed by atoms with Gasteiger partial charge in [0.1, 0.15) is 17.3 Å². The van der Waals surface area contributed by atoms with Crippen LogP contribution in [0.15, 0.2) is 22.7 Å². The van der Waals surface area contributed by atoms with E-state index in [1.807, 2.05) is 19.1 Å². The van der Waals surface area contributed by atoms with E-state index in [2.05, 4.69) is 9.97 Å². The molecule has 0 aliphatic carbocycles. The molecule has 0 radical (unpaired) electrons. The standard InChI is InChI=1S/C10H12N4O/c1-6-2-3-8(15-6)4-7-5-13-10(12)14-9(7)11/h2-3,5H,4H2,1H3,(H4,11,12,13,14). The van der Waals surface area contributed by atoms with E-state index in [0.717, 1.165) is 17.1 Å². The van der Waals surface area contributed by atoms with Crippen molar-refractivity contribution in [1.29, 1.82) is 0 Å². The Morgan fingerprint density at radius 1 is 1.33 bits per heavy atom. The summed E-state index contributed by atoms with van der Waals surface area (Å²) in [7, 11) is 0. The van der Waals surface area contributed by atoms with Gasteiger partial charge in [-0.2, -0.15) is 4.98 Å². The first-order chi connectivity index (χ1) is 7.15. The van der Waals surface area contributed by atoms with E-state index in [9.17, 15) is 0 Å². The van der Waals surface area contributed by atoms with Gasteiger partial charge in [-0.3, -0.25) is 0 Å². The molecule has 2 rings (SSSR count). The predicted molar refractivity (Wildman–Crippen MR) is 57.1 cm³/mol. The van der Waals surface area contributed by atoms with Crippen LogP contribution in [0.1, 0.15) is 17.1 Å². The molecular weight excluding hydrogens is 192 g/mol. The van der Waals surface area contributed by atoms with Crippen molar-refractivity contribution >= 4 is 11.8 Å². The van der Waals surface area contributed by atoms with Crippen molar-refractivity contribution in [2.24, 2.45) is 0 Å². The summed E-state index contributed by atoms with van der Waals surface area (Å²) in [5.74, 6) is 2.30. The molecule has 0 bridgehead atoms. The molecule has 2 heterocycles. The van der Waals surface area contributed by atoms with Gasteiger partial charge >= 0.3 is 0 Å². The average Bonchev–Trinajstić information content (AvgIpc) is 2.56. The highest BCUT2D eigenvalue weighted by Crippen LogP contribution is 2.16. The van der Waals surface area contributed by atoms with E-state index in [0.29, 0.717) is 12.2 Å². The summed E-state index contributed by atoms with van der Waals surface area (Å²) in [4.78, 5) is 7.77. The van der Waals surface area contributed by atoms with E-state index in [4.69, 9.17) is 15.9 Å². The lowest BCUT2D eigenvalue weighted by atomic mass is 10.2. The second kappa shape index (κ2) is 3.61. The molecule has 0 atom stereocenters. The van der Waals surface area contributed by atoms with Gasteiger partial charge in [-0.05, 0) is 19.1 Å². The third-order valence-corrected chi connectivity index (χ3v) is 2.08. The lowest BCUT2D eigenvalue weighted by Gasteiger charge is -2.02. The van der Waals surface area contributed by atoms with Crippen LogP contribution in [-0.2, 0) is 6.42 Å². The van der Waals surface area contributed by atoms with Crippen LogP contribution in [0.5, 0.6) is 0 Å². The number of nitrogen functional groups attached to an aromatic ring is 2. The van der Waals surface area contributed by atoms with E-state index < -0.39 is 0 Å². The number of aromatic nitrogens is 2. The fourth-order valence-electron chi connectivity index (χ4n) is 1.34. The number of hydrogen-bond donors (Lipinski definition) is 2. The molecule has 0 saturated heterocycles. The fraction of sp³-hybridized carbons (Fsp3) is 0.200. The SMILES string of the molecule is Cc1ccc(Cc2cnc(N)nc2N)o1. The lowest BCUT2D eigenvalue weighted by Crippen LogP contribution is -2.03. The Morgan fingerprint density at radius 2 is 2.13 bits per heavy atom. The van der Waals surface area contributed by atoms with Crippen molar-refractivity contribution in [2.75, 3.05) is 11.5 Å². The highest BCUT2D eigenvalue weighted by Gasteiger charge is 2.06. The van der Waals surface area contributed by atoms with Gasteiger partial charge in [-0.15, -0.1) is 0 Å². The number of aryl methyl sites for hydroxylation is 1. The number of furan rings is 1. The molecule has 0 fully saturated rings. The normalized spacial score (nSPS) is 10.5. The number of hydrogen-bond acceptors (Lipinski definition) is 5. The van der Waals surface area contributed by atoms with E-state index in [-0.39, 0.29) is 5.95 Å². The minimum absolute atomic E-state index is 0.187. The van der Waals surface area contributed by atoms with Crippen LogP contribution in [0.25, 0.3) is 0 Å². The van der Waals surface area contributed by atoms with Crippen molar-refractivity contribution in [1.82, 2.24) is 9.97 Å². The number of rotatable bonds is 2. The maximum Gasteiger partial charge on any atom is 0.221 e. The van der Waals surface area contributed by atoms with Crippen LogP contribution in [-0.4, -0.2) is 9.97 Å². The quantitative estimate of drug-likeness (QED) is 0.765. The highest BCUT2D eigenvalue weighted by atomic mass is 16.3. The summed E-state index contributed by atoms with van der Waals surface area (Å²) < 4.78 is 5.43. The average molecular weight is 204 g/mol. The first kappa shape index (κ1) is 9.51.